The SMILES string of the molecule is CCCCC1C(C2(O)CCC(C(C)N(CC3CCCO3)C(=O)C3CC3)C2)=CC(=O)C2CC(O)C(O)CC21C. The van der Waals surface area contributed by atoms with E-state index in [1.54, 1.807) is 6.08 Å². The van der Waals surface area contributed by atoms with Crippen LogP contribution in [0, 0.1) is 29.1 Å². The fourth-order valence-corrected chi connectivity index (χ4v) is 8.30. The molecule has 9 unspecified atom stereocenters. The Morgan fingerprint density at radius 1 is 1.18 bits per heavy atom. The van der Waals surface area contributed by atoms with Crippen molar-refractivity contribution < 1.29 is 29.6 Å². The molecule has 1 amide bonds. The number of allylic oxidation sites excluding steroid dienone is 1. The van der Waals surface area contributed by atoms with E-state index in [1.165, 1.54) is 0 Å². The lowest BCUT2D eigenvalue weighted by Crippen LogP contribution is -2.55. The fraction of sp³-hybridized carbons (Fsp3) is 0.871. The minimum absolute atomic E-state index is 0.00490. The van der Waals surface area contributed by atoms with Gasteiger partial charge in [-0.15, -0.1) is 0 Å². The van der Waals surface area contributed by atoms with Gasteiger partial charge >= 0.3 is 0 Å². The van der Waals surface area contributed by atoms with Crippen LogP contribution in [0.1, 0.15) is 97.8 Å². The van der Waals surface area contributed by atoms with Crippen molar-refractivity contribution in [3.8, 4) is 0 Å². The first kappa shape index (κ1) is 28.3. The molecular formula is C31H49NO6. The van der Waals surface area contributed by atoms with E-state index in [9.17, 15) is 24.9 Å². The molecule has 9 atom stereocenters. The van der Waals surface area contributed by atoms with Crippen LogP contribution in [0.3, 0.4) is 0 Å². The number of hydrogen-bond acceptors (Lipinski definition) is 6. The van der Waals surface area contributed by atoms with E-state index in [-0.39, 0.29) is 53.9 Å². The summed E-state index contributed by atoms with van der Waals surface area (Å²) in [5.41, 5.74) is -0.727. The maximum Gasteiger partial charge on any atom is 0.226 e. The summed E-state index contributed by atoms with van der Waals surface area (Å²) in [6.45, 7) is 7.77. The quantitative estimate of drug-likeness (QED) is 0.418. The number of ketones is 1. The first-order valence-corrected chi connectivity index (χ1v) is 15.3. The molecule has 1 heterocycles. The van der Waals surface area contributed by atoms with Gasteiger partial charge < -0.3 is 25.0 Å². The lowest BCUT2D eigenvalue weighted by atomic mass is 9.51. The van der Waals surface area contributed by atoms with Crippen LogP contribution in [-0.4, -0.2) is 75.0 Å². The molecule has 7 nitrogen and oxygen atoms in total. The lowest BCUT2D eigenvalue weighted by Gasteiger charge is -2.54. The number of fused-ring (bicyclic) bond motifs is 1. The van der Waals surface area contributed by atoms with Crippen LogP contribution in [0.25, 0.3) is 0 Å². The van der Waals surface area contributed by atoms with E-state index in [0.717, 1.165) is 63.5 Å². The van der Waals surface area contributed by atoms with Gasteiger partial charge in [-0.3, -0.25) is 9.59 Å². The van der Waals surface area contributed by atoms with Crippen molar-refractivity contribution in [1.29, 1.82) is 0 Å². The number of carbonyl (C=O) groups excluding carboxylic acids is 2. The van der Waals surface area contributed by atoms with Crippen LogP contribution >= 0.6 is 0 Å². The minimum Gasteiger partial charge on any atom is -0.390 e. The van der Waals surface area contributed by atoms with E-state index >= 15 is 0 Å². The van der Waals surface area contributed by atoms with Gasteiger partial charge in [0, 0.05) is 31.0 Å². The van der Waals surface area contributed by atoms with Crippen molar-refractivity contribution in [3.63, 3.8) is 0 Å². The summed E-state index contributed by atoms with van der Waals surface area (Å²) < 4.78 is 5.90. The number of aliphatic hydroxyl groups is 3. The number of unbranched alkanes of at least 4 members (excludes halogenated alkanes) is 1. The number of hydrogen-bond donors (Lipinski definition) is 3. The molecule has 3 N–H and O–H groups in total. The Morgan fingerprint density at radius 3 is 2.61 bits per heavy atom. The topological polar surface area (TPSA) is 107 Å². The summed E-state index contributed by atoms with van der Waals surface area (Å²) in [6, 6.07) is 0.00490. The van der Waals surface area contributed by atoms with Crippen LogP contribution in [0.2, 0.25) is 0 Å². The summed E-state index contributed by atoms with van der Waals surface area (Å²) >= 11 is 0. The molecule has 0 bridgehead atoms. The van der Waals surface area contributed by atoms with Crippen molar-refractivity contribution in [1.82, 2.24) is 4.90 Å². The first-order valence-electron chi connectivity index (χ1n) is 15.3. The van der Waals surface area contributed by atoms with E-state index in [2.05, 4.69) is 25.7 Å². The van der Waals surface area contributed by atoms with Crippen molar-refractivity contribution in [2.75, 3.05) is 13.2 Å². The normalized spacial score (nSPS) is 42.1. The Balaban J connectivity index is 1.38. The number of nitrogens with zero attached hydrogens (tertiary/aromatic N) is 1. The van der Waals surface area contributed by atoms with Crippen molar-refractivity contribution in [3.05, 3.63) is 11.6 Å². The maximum atomic E-state index is 13.5. The monoisotopic (exact) mass is 531 g/mol. The highest BCUT2D eigenvalue weighted by molar-refractivity contribution is 5.94. The summed E-state index contributed by atoms with van der Waals surface area (Å²) in [6.07, 6.45) is 9.51. The van der Waals surface area contributed by atoms with E-state index < -0.39 is 23.2 Å². The van der Waals surface area contributed by atoms with Crippen LogP contribution < -0.4 is 0 Å². The zero-order valence-electron chi connectivity index (χ0n) is 23.6. The molecule has 0 radical (unpaired) electrons. The smallest absolute Gasteiger partial charge is 0.226 e. The molecule has 1 aliphatic heterocycles. The number of rotatable bonds is 9. The lowest BCUT2D eigenvalue weighted by molar-refractivity contribution is -0.142. The summed E-state index contributed by atoms with van der Waals surface area (Å²) in [5.74, 6) is 0.167. The largest absolute Gasteiger partial charge is 0.390 e. The average Bonchev–Trinajstić information content (AvgIpc) is 3.45. The third kappa shape index (κ3) is 5.25. The number of carbonyl (C=O) groups is 2. The van der Waals surface area contributed by atoms with Crippen LogP contribution in [0.5, 0.6) is 0 Å². The molecule has 5 rings (SSSR count). The second kappa shape index (κ2) is 10.9. The standard InChI is InChI=1S/C31H49NO6/c1-4-5-8-23-24(14-26(33)25-15-27(34)28(35)17-30(23,25)3)31(37)12-11-21(16-31)19(2)32(29(36)20-9-10-20)18-22-7-6-13-38-22/h14,19-23,25,27-28,34-35,37H,4-13,15-18H2,1-3H3. The molecule has 4 aliphatic carbocycles. The van der Waals surface area contributed by atoms with Gasteiger partial charge in [0.1, 0.15) is 0 Å². The summed E-state index contributed by atoms with van der Waals surface area (Å²) in [5, 5.41) is 33.2. The highest BCUT2D eigenvalue weighted by Crippen LogP contribution is 2.58. The van der Waals surface area contributed by atoms with Crippen LogP contribution in [0.4, 0.5) is 0 Å². The van der Waals surface area contributed by atoms with E-state index in [4.69, 9.17) is 4.74 Å². The molecule has 4 fully saturated rings. The summed E-state index contributed by atoms with van der Waals surface area (Å²) in [7, 11) is 0. The molecule has 0 aromatic rings. The molecule has 1 saturated heterocycles. The average molecular weight is 532 g/mol. The van der Waals surface area contributed by atoms with Gasteiger partial charge in [0.15, 0.2) is 5.78 Å². The third-order valence-electron chi connectivity index (χ3n) is 10.9. The third-order valence-corrected chi connectivity index (χ3v) is 10.9. The second-order valence-corrected chi connectivity index (χ2v) is 13.5. The highest BCUT2D eigenvalue weighted by atomic mass is 16.5. The van der Waals surface area contributed by atoms with Gasteiger partial charge in [0.25, 0.3) is 0 Å². The van der Waals surface area contributed by atoms with Crippen molar-refractivity contribution in [2.45, 2.75) is 128 Å². The maximum absolute atomic E-state index is 13.5. The van der Waals surface area contributed by atoms with E-state index in [0.29, 0.717) is 25.8 Å². The molecule has 38 heavy (non-hydrogen) atoms. The first-order chi connectivity index (χ1) is 18.1. The van der Waals surface area contributed by atoms with Gasteiger partial charge in [-0.2, -0.15) is 0 Å². The Bertz CT molecular complexity index is 925. The van der Waals surface area contributed by atoms with Gasteiger partial charge in [-0.25, -0.2) is 0 Å². The number of ether oxygens (including phenoxy) is 1. The summed E-state index contributed by atoms with van der Waals surface area (Å²) in [4.78, 5) is 28.8. The molecule has 5 aliphatic rings. The van der Waals surface area contributed by atoms with Gasteiger partial charge in [-0.05, 0) is 100 Å². The predicted octanol–water partition coefficient (Wildman–Crippen LogP) is 3.78. The van der Waals surface area contributed by atoms with Crippen LogP contribution in [-0.2, 0) is 14.3 Å². The molecule has 0 aromatic heterocycles. The molecule has 0 aromatic carbocycles. The number of amides is 1. The predicted molar refractivity (Wildman–Crippen MR) is 144 cm³/mol. The minimum atomic E-state index is -1.08. The molecule has 3 saturated carbocycles. The molecule has 214 valence electrons. The molecule has 7 heteroatoms. The molecule has 0 spiro atoms. The second-order valence-electron chi connectivity index (χ2n) is 13.5. The fourth-order valence-electron chi connectivity index (χ4n) is 8.30. The molecular weight excluding hydrogens is 482 g/mol. The number of aliphatic hydroxyl groups excluding tert-OH is 2. The van der Waals surface area contributed by atoms with Crippen molar-refractivity contribution in [2.24, 2.45) is 29.1 Å². The van der Waals surface area contributed by atoms with Gasteiger partial charge in [-0.1, -0.05) is 26.7 Å². The van der Waals surface area contributed by atoms with Crippen molar-refractivity contribution >= 4 is 11.7 Å². The Hall–Kier alpha value is -1.28. The van der Waals surface area contributed by atoms with E-state index in [1.807, 2.05) is 0 Å². The zero-order valence-corrected chi connectivity index (χ0v) is 23.6. The van der Waals surface area contributed by atoms with Crippen LogP contribution in [0.15, 0.2) is 11.6 Å². The van der Waals surface area contributed by atoms with Gasteiger partial charge in [0.2, 0.25) is 5.91 Å². The Labute approximate surface area is 228 Å². The van der Waals surface area contributed by atoms with Gasteiger partial charge in [0.05, 0.1) is 23.9 Å². The zero-order chi connectivity index (χ0) is 27.2. The highest BCUT2D eigenvalue weighted by Gasteiger charge is 2.57. The Kier molecular flexibility index (Phi) is 8.14. The Morgan fingerprint density at radius 2 is 1.95 bits per heavy atom.